The number of benzene rings is 2. The molecule has 2 heteroatoms. The highest BCUT2D eigenvalue weighted by molar-refractivity contribution is 5.37. The average molecular weight is 271 g/mol. The van der Waals surface area contributed by atoms with Gasteiger partial charge in [0.2, 0.25) is 0 Å². The van der Waals surface area contributed by atoms with Crippen molar-refractivity contribution >= 4 is 0 Å². The van der Waals surface area contributed by atoms with Crippen molar-refractivity contribution in [1.82, 2.24) is 5.32 Å². The Balaban J connectivity index is 2.38. The van der Waals surface area contributed by atoms with E-state index in [2.05, 4.69) is 44.3 Å². The summed E-state index contributed by atoms with van der Waals surface area (Å²) in [4.78, 5) is 0. The molecule has 0 bridgehead atoms. The third-order valence-corrected chi connectivity index (χ3v) is 3.64. The highest BCUT2D eigenvalue weighted by Gasteiger charge is 2.14. The summed E-state index contributed by atoms with van der Waals surface area (Å²) in [5, 5.41) is 3.51. The zero-order valence-corrected chi connectivity index (χ0v) is 12.4. The number of halogens is 1. The Morgan fingerprint density at radius 3 is 2.40 bits per heavy atom. The van der Waals surface area contributed by atoms with Gasteiger partial charge >= 0.3 is 0 Å². The largest absolute Gasteiger partial charge is 0.306 e. The first-order valence-corrected chi connectivity index (χ1v) is 7.18. The van der Waals surface area contributed by atoms with Gasteiger partial charge in [0.05, 0.1) is 6.04 Å². The molecule has 0 aliphatic carbocycles. The second-order valence-electron chi connectivity index (χ2n) is 5.29. The van der Waals surface area contributed by atoms with E-state index in [4.69, 9.17) is 0 Å². The predicted molar refractivity (Wildman–Crippen MR) is 82.5 cm³/mol. The van der Waals surface area contributed by atoms with E-state index in [1.165, 1.54) is 22.8 Å². The molecule has 20 heavy (non-hydrogen) atoms. The number of aryl methyl sites for hydroxylation is 2. The molecule has 0 amide bonds. The lowest BCUT2D eigenvalue weighted by atomic mass is 9.95. The van der Waals surface area contributed by atoms with Crippen LogP contribution in [-0.4, -0.2) is 6.54 Å². The van der Waals surface area contributed by atoms with Crippen LogP contribution in [0.5, 0.6) is 0 Å². The molecule has 0 fully saturated rings. The van der Waals surface area contributed by atoms with Crippen molar-refractivity contribution in [1.29, 1.82) is 0 Å². The molecule has 0 heterocycles. The highest BCUT2D eigenvalue weighted by atomic mass is 19.1. The number of hydrogen-bond acceptors (Lipinski definition) is 1. The van der Waals surface area contributed by atoms with Gasteiger partial charge in [-0.1, -0.05) is 37.3 Å². The van der Waals surface area contributed by atoms with Gasteiger partial charge in [0.15, 0.2) is 0 Å². The Hall–Kier alpha value is -1.67. The second kappa shape index (κ2) is 6.67. The third-order valence-electron chi connectivity index (χ3n) is 3.64. The Kier molecular flexibility index (Phi) is 4.91. The molecule has 0 saturated carbocycles. The zero-order valence-electron chi connectivity index (χ0n) is 12.4. The fourth-order valence-electron chi connectivity index (χ4n) is 2.35. The molecular weight excluding hydrogens is 249 g/mol. The maximum atomic E-state index is 13.5. The van der Waals surface area contributed by atoms with Gasteiger partial charge in [-0.2, -0.15) is 0 Å². The summed E-state index contributed by atoms with van der Waals surface area (Å²) < 4.78 is 13.5. The first-order valence-electron chi connectivity index (χ1n) is 7.18. The van der Waals surface area contributed by atoms with E-state index in [9.17, 15) is 4.39 Å². The average Bonchev–Trinajstić information content (AvgIpc) is 2.43. The van der Waals surface area contributed by atoms with E-state index in [0.29, 0.717) is 0 Å². The Morgan fingerprint density at radius 2 is 1.75 bits per heavy atom. The third kappa shape index (κ3) is 3.45. The first kappa shape index (κ1) is 14.7. The van der Waals surface area contributed by atoms with Crippen molar-refractivity contribution in [2.24, 2.45) is 0 Å². The minimum absolute atomic E-state index is 0.0462. The maximum absolute atomic E-state index is 13.5. The fourth-order valence-corrected chi connectivity index (χ4v) is 2.35. The van der Waals surface area contributed by atoms with Gasteiger partial charge in [0.25, 0.3) is 0 Å². The number of nitrogens with one attached hydrogen (secondary N) is 1. The SMILES string of the molecule is CCCNC(c1cccc(F)c1)c1ccc(C)c(C)c1. The first-order chi connectivity index (χ1) is 9.61. The van der Waals surface area contributed by atoms with Crippen LogP contribution in [0.2, 0.25) is 0 Å². The number of rotatable bonds is 5. The van der Waals surface area contributed by atoms with Gasteiger partial charge in [-0.25, -0.2) is 4.39 Å². The molecule has 0 aromatic heterocycles. The molecule has 2 aromatic carbocycles. The van der Waals surface area contributed by atoms with Crippen molar-refractivity contribution in [3.05, 3.63) is 70.5 Å². The van der Waals surface area contributed by atoms with Gasteiger partial charge in [-0.3, -0.25) is 0 Å². The van der Waals surface area contributed by atoms with E-state index in [-0.39, 0.29) is 11.9 Å². The monoisotopic (exact) mass is 271 g/mol. The summed E-state index contributed by atoms with van der Waals surface area (Å²) in [6, 6.07) is 13.3. The minimum atomic E-state index is -0.186. The number of hydrogen-bond donors (Lipinski definition) is 1. The summed E-state index contributed by atoms with van der Waals surface area (Å²) in [5.41, 5.74) is 4.71. The summed E-state index contributed by atoms with van der Waals surface area (Å²) in [6.07, 6.45) is 1.05. The Morgan fingerprint density at radius 1 is 1.00 bits per heavy atom. The quantitative estimate of drug-likeness (QED) is 0.842. The van der Waals surface area contributed by atoms with E-state index in [1.807, 2.05) is 6.07 Å². The van der Waals surface area contributed by atoms with Crippen LogP contribution >= 0.6 is 0 Å². The molecule has 1 unspecified atom stereocenters. The molecule has 0 aliphatic rings. The van der Waals surface area contributed by atoms with Crippen LogP contribution in [0.3, 0.4) is 0 Å². The van der Waals surface area contributed by atoms with Crippen LogP contribution in [0.4, 0.5) is 4.39 Å². The van der Waals surface area contributed by atoms with E-state index >= 15 is 0 Å². The lowest BCUT2D eigenvalue weighted by molar-refractivity contribution is 0.585. The van der Waals surface area contributed by atoms with Crippen LogP contribution in [0, 0.1) is 19.7 Å². The van der Waals surface area contributed by atoms with Gasteiger partial charge in [-0.15, -0.1) is 0 Å². The van der Waals surface area contributed by atoms with Crippen LogP contribution in [0.1, 0.15) is 41.6 Å². The topological polar surface area (TPSA) is 12.0 Å². The summed E-state index contributed by atoms with van der Waals surface area (Å²) in [6.45, 7) is 7.27. The van der Waals surface area contributed by atoms with Crippen LogP contribution in [0.25, 0.3) is 0 Å². The van der Waals surface area contributed by atoms with Gasteiger partial charge in [0, 0.05) is 0 Å². The molecule has 0 spiro atoms. The van der Waals surface area contributed by atoms with Gasteiger partial charge in [-0.05, 0) is 61.2 Å². The zero-order chi connectivity index (χ0) is 14.5. The van der Waals surface area contributed by atoms with Crippen molar-refractivity contribution < 1.29 is 4.39 Å². The Bertz CT molecular complexity index is 577. The molecule has 1 N–H and O–H groups in total. The van der Waals surface area contributed by atoms with Gasteiger partial charge < -0.3 is 5.32 Å². The Labute approximate surface area is 120 Å². The standard InChI is InChI=1S/C18H22FN/c1-4-10-20-18(15-6-5-7-17(19)12-15)16-9-8-13(2)14(3)11-16/h5-9,11-12,18,20H,4,10H2,1-3H3. The molecule has 1 nitrogen and oxygen atoms in total. The molecule has 106 valence electrons. The van der Waals surface area contributed by atoms with E-state index < -0.39 is 0 Å². The van der Waals surface area contributed by atoms with E-state index in [1.54, 1.807) is 12.1 Å². The van der Waals surface area contributed by atoms with Crippen molar-refractivity contribution in [3.63, 3.8) is 0 Å². The maximum Gasteiger partial charge on any atom is 0.123 e. The fraction of sp³-hybridized carbons (Fsp3) is 0.333. The molecule has 0 saturated heterocycles. The molecule has 0 aliphatic heterocycles. The summed E-state index contributed by atoms with van der Waals surface area (Å²) in [7, 11) is 0. The summed E-state index contributed by atoms with van der Waals surface area (Å²) in [5.74, 6) is -0.186. The van der Waals surface area contributed by atoms with Crippen LogP contribution < -0.4 is 5.32 Å². The van der Waals surface area contributed by atoms with Crippen LogP contribution in [0.15, 0.2) is 42.5 Å². The van der Waals surface area contributed by atoms with E-state index in [0.717, 1.165) is 18.5 Å². The van der Waals surface area contributed by atoms with Crippen LogP contribution in [-0.2, 0) is 0 Å². The highest BCUT2D eigenvalue weighted by Crippen LogP contribution is 2.24. The second-order valence-corrected chi connectivity index (χ2v) is 5.29. The normalized spacial score (nSPS) is 12.4. The summed E-state index contributed by atoms with van der Waals surface area (Å²) >= 11 is 0. The lowest BCUT2D eigenvalue weighted by Gasteiger charge is -2.20. The lowest BCUT2D eigenvalue weighted by Crippen LogP contribution is -2.23. The van der Waals surface area contributed by atoms with Crippen molar-refractivity contribution in [2.75, 3.05) is 6.54 Å². The van der Waals surface area contributed by atoms with Gasteiger partial charge in [0.1, 0.15) is 5.82 Å². The molecule has 2 rings (SSSR count). The smallest absolute Gasteiger partial charge is 0.123 e. The predicted octanol–water partition coefficient (Wildman–Crippen LogP) is 4.53. The molecular formula is C18H22FN. The molecule has 1 atom stereocenters. The molecule has 0 radical (unpaired) electrons. The van der Waals surface area contributed by atoms with Crippen molar-refractivity contribution in [3.8, 4) is 0 Å². The minimum Gasteiger partial charge on any atom is -0.306 e. The van der Waals surface area contributed by atoms with Crippen molar-refractivity contribution in [2.45, 2.75) is 33.2 Å². The molecule has 2 aromatic rings.